The van der Waals surface area contributed by atoms with E-state index >= 15 is 0 Å². The van der Waals surface area contributed by atoms with Gasteiger partial charge in [0.1, 0.15) is 5.75 Å². The first-order valence-corrected chi connectivity index (χ1v) is 4.02. The maximum absolute atomic E-state index is 9.56. The Hall–Kier alpha value is -1.10. The average Bonchev–Trinajstić information content (AvgIpc) is 2.16. The van der Waals surface area contributed by atoms with E-state index in [-0.39, 0.29) is 12.4 Å². The maximum Gasteiger partial charge on any atom is 0.124 e. The predicted octanol–water partition coefficient (Wildman–Crippen LogP) is 0.317. The number of aromatic hydroxyl groups is 1. The van der Waals surface area contributed by atoms with Crippen LogP contribution in [0.15, 0.2) is 18.2 Å². The number of benzene rings is 1. The van der Waals surface area contributed by atoms with Gasteiger partial charge in [0.15, 0.2) is 0 Å². The Labute approximate surface area is 76.5 Å². The van der Waals surface area contributed by atoms with E-state index in [1.54, 1.807) is 18.2 Å². The normalized spacial score (nSPS) is 10.3. The molecular weight excluding hydrogens is 170 g/mol. The molecule has 0 atom stereocenters. The highest BCUT2D eigenvalue weighted by atomic mass is 16.6. The predicted molar refractivity (Wildman–Crippen MR) is 47.9 cm³/mol. The summed E-state index contributed by atoms with van der Waals surface area (Å²) < 4.78 is 0. The van der Waals surface area contributed by atoms with Gasteiger partial charge in [-0.15, -0.1) is 0 Å². The average molecular weight is 183 g/mol. The quantitative estimate of drug-likeness (QED) is 0.587. The van der Waals surface area contributed by atoms with Gasteiger partial charge in [-0.3, -0.25) is 0 Å². The van der Waals surface area contributed by atoms with E-state index in [1.807, 2.05) is 0 Å². The van der Waals surface area contributed by atoms with Gasteiger partial charge in [0.05, 0.1) is 13.2 Å². The number of aliphatic hydroxyl groups is 1. The van der Waals surface area contributed by atoms with Crippen LogP contribution in [0.1, 0.15) is 11.1 Å². The highest BCUT2D eigenvalue weighted by Gasteiger charge is 2.05. The van der Waals surface area contributed by atoms with Crippen molar-refractivity contribution >= 4 is 0 Å². The molecule has 0 radical (unpaired) electrons. The lowest BCUT2D eigenvalue weighted by atomic mass is 10.1. The number of rotatable bonds is 4. The third kappa shape index (κ3) is 2.42. The van der Waals surface area contributed by atoms with Gasteiger partial charge in [0.2, 0.25) is 0 Å². The van der Waals surface area contributed by atoms with Gasteiger partial charge in [0, 0.05) is 12.0 Å². The molecule has 0 unspecified atom stereocenters. The molecule has 13 heavy (non-hydrogen) atoms. The lowest BCUT2D eigenvalue weighted by molar-refractivity contribution is 0.140. The van der Waals surface area contributed by atoms with E-state index in [0.717, 1.165) is 5.56 Å². The second-order valence-electron chi connectivity index (χ2n) is 2.70. The van der Waals surface area contributed by atoms with Crippen LogP contribution in [-0.2, 0) is 17.9 Å². The zero-order valence-electron chi connectivity index (χ0n) is 7.23. The van der Waals surface area contributed by atoms with Crippen LogP contribution in [-0.4, -0.2) is 16.8 Å². The van der Waals surface area contributed by atoms with Gasteiger partial charge in [-0.05, 0) is 5.56 Å². The molecular formula is C9H13NO3. The van der Waals surface area contributed by atoms with Crippen LogP contribution in [0.25, 0.3) is 0 Å². The molecule has 0 fully saturated rings. The van der Waals surface area contributed by atoms with Gasteiger partial charge in [-0.1, -0.05) is 18.2 Å². The summed E-state index contributed by atoms with van der Waals surface area (Å²) in [6.45, 7) is 0.186. The smallest absolute Gasteiger partial charge is 0.124 e. The van der Waals surface area contributed by atoms with Crippen LogP contribution in [0, 0.1) is 0 Å². The van der Waals surface area contributed by atoms with Gasteiger partial charge in [-0.2, -0.15) is 0 Å². The Kier molecular flexibility index (Phi) is 3.70. The monoisotopic (exact) mass is 183 g/mol. The van der Waals surface area contributed by atoms with E-state index in [1.165, 1.54) is 0 Å². The molecule has 0 saturated heterocycles. The van der Waals surface area contributed by atoms with Crippen molar-refractivity contribution in [3.05, 3.63) is 29.3 Å². The molecule has 0 aromatic heterocycles. The summed E-state index contributed by atoms with van der Waals surface area (Å²) in [5.74, 6) is 4.99. The lowest BCUT2D eigenvalue weighted by Gasteiger charge is -2.06. The molecule has 0 aliphatic carbocycles. The summed E-state index contributed by atoms with van der Waals surface area (Å²) in [6, 6.07) is 5.22. The standard InChI is InChI=1S/C9H13NO3/c10-13-5-4-7-2-1-3-8(6-11)9(7)12/h1-3,11-12H,4-6,10H2. The molecule has 0 bridgehead atoms. The maximum atomic E-state index is 9.56. The van der Waals surface area contributed by atoms with Crippen molar-refractivity contribution in [2.24, 2.45) is 5.90 Å². The molecule has 4 heteroatoms. The number of hydrogen-bond acceptors (Lipinski definition) is 4. The largest absolute Gasteiger partial charge is 0.507 e. The Morgan fingerprint density at radius 3 is 2.62 bits per heavy atom. The third-order valence-corrected chi connectivity index (χ3v) is 1.86. The van der Waals surface area contributed by atoms with Crippen molar-refractivity contribution in [1.82, 2.24) is 0 Å². The van der Waals surface area contributed by atoms with E-state index in [2.05, 4.69) is 4.84 Å². The molecule has 72 valence electrons. The van der Waals surface area contributed by atoms with Crippen LogP contribution in [0.2, 0.25) is 0 Å². The van der Waals surface area contributed by atoms with Crippen molar-refractivity contribution in [2.75, 3.05) is 6.61 Å². The zero-order chi connectivity index (χ0) is 9.68. The molecule has 4 nitrogen and oxygen atoms in total. The van der Waals surface area contributed by atoms with Gasteiger partial charge >= 0.3 is 0 Å². The molecule has 4 N–H and O–H groups in total. The molecule has 0 aliphatic rings. The fraction of sp³-hybridized carbons (Fsp3) is 0.333. The van der Waals surface area contributed by atoms with Crippen molar-refractivity contribution in [3.8, 4) is 5.75 Å². The van der Waals surface area contributed by atoms with Crippen LogP contribution in [0.4, 0.5) is 0 Å². The molecule has 0 saturated carbocycles. The second-order valence-corrected chi connectivity index (χ2v) is 2.70. The topological polar surface area (TPSA) is 75.7 Å². The van der Waals surface area contributed by atoms with Gasteiger partial charge < -0.3 is 15.1 Å². The zero-order valence-corrected chi connectivity index (χ0v) is 7.23. The van der Waals surface area contributed by atoms with Crippen molar-refractivity contribution < 1.29 is 15.1 Å². The fourth-order valence-corrected chi connectivity index (χ4v) is 1.14. The summed E-state index contributed by atoms with van der Waals surface area (Å²) >= 11 is 0. The van der Waals surface area contributed by atoms with Crippen molar-refractivity contribution in [3.63, 3.8) is 0 Å². The Morgan fingerprint density at radius 2 is 2.00 bits per heavy atom. The first-order chi connectivity index (χ1) is 6.29. The summed E-state index contributed by atoms with van der Waals surface area (Å²) in [5, 5.41) is 18.4. The summed E-state index contributed by atoms with van der Waals surface area (Å²) in [7, 11) is 0. The Balaban J connectivity index is 2.81. The minimum Gasteiger partial charge on any atom is -0.507 e. The molecule has 1 aromatic rings. The van der Waals surface area contributed by atoms with Gasteiger partial charge in [-0.25, -0.2) is 5.90 Å². The SMILES string of the molecule is NOCCc1cccc(CO)c1O. The summed E-state index contributed by atoms with van der Waals surface area (Å²) in [5.41, 5.74) is 1.26. The van der Waals surface area contributed by atoms with E-state index < -0.39 is 0 Å². The summed E-state index contributed by atoms with van der Waals surface area (Å²) in [4.78, 5) is 4.40. The molecule has 0 aliphatic heterocycles. The lowest BCUT2D eigenvalue weighted by Crippen LogP contribution is -2.04. The molecule has 1 aromatic carbocycles. The molecule has 0 spiro atoms. The molecule has 0 heterocycles. The number of hydrogen-bond donors (Lipinski definition) is 3. The first-order valence-electron chi connectivity index (χ1n) is 4.02. The Morgan fingerprint density at radius 1 is 1.31 bits per heavy atom. The van der Waals surface area contributed by atoms with Crippen LogP contribution < -0.4 is 5.90 Å². The fourth-order valence-electron chi connectivity index (χ4n) is 1.14. The molecule has 0 amide bonds. The summed E-state index contributed by atoms with van der Waals surface area (Å²) in [6.07, 6.45) is 0.538. The van der Waals surface area contributed by atoms with Crippen LogP contribution >= 0.6 is 0 Å². The van der Waals surface area contributed by atoms with E-state index in [4.69, 9.17) is 11.0 Å². The highest BCUT2D eigenvalue weighted by Crippen LogP contribution is 2.22. The number of nitrogens with two attached hydrogens (primary N) is 1. The van der Waals surface area contributed by atoms with Crippen molar-refractivity contribution in [1.29, 1.82) is 0 Å². The minimum absolute atomic E-state index is 0.127. The number of para-hydroxylation sites is 1. The second kappa shape index (κ2) is 4.81. The molecule has 1 rings (SSSR count). The van der Waals surface area contributed by atoms with E-state index in [9.17, 15) is 5.11 Å². The van der Waals surface area contributed by atoms with Crippen LogP contribution in [0.3, 0.4) is 0 Å². The number of aliphatic hydroxyl groups excluding tert-OH is 1. The Bertz CT molecular complexity index is 276. The first kappa shape index (κ1) is 9.98. The van der Waals surface area contributed by atoms with Crippen molar-refractivity contribution in [2.45, 2.75) is 13.0 Å². The minimum atomic E-state index is -0.164. The van der Waals surface area contributed by atoms with Crippen LogP contribution in [0.5, 0.6) is 5.75 Å². The highest BCUT2D eigenvalue weighted by molar-refractivity contribution is 5.39. The number of phenols is 1. The van der Waals surface area contributed by atoms with E-state index in [0.29, 0.717) is 18.6 Å². The van der Waals surface area contributed by atoms with Gasteiger partial charge in [0.25, 0.3) is 0 Å². The third-order valence-electron chi connectivity index (χ3n) is 1.86.